The van der Waals surface area contributed by atoms with Crippen molar-refractivity contribution in [1.82, 2.24) is 19.9 Å². The van der Waals surface area contributed by atoms with Gasteiger partial charge in [-0.25, -0.2) is 9.97 Å². The summed E-state index contributed by atoms with van der Waals surface area (Å²) in [5, 5.41) is 0. The summed E-state index contributed by atoms with van der Waals surface area (Å²) in [6, 6.07) is 14.7. The highest BCUT2D eigenvalue weighted by molar-refractivity contribution is 5.80. The summed E-state index contributed by atoms with van der Waals surface area (Å²) in [5.41, 5.74) is 1.13. The maximum atomic E-state index is 12.8. The van der Waals surface area contributed by atoms with E-state index in [-0.39, 0.29) is 6.01 Å². The molecule has 1 N–H and O–H groups in total. The van der Waals surface area contributed by atoms with E-state index in [9.17, 15) is 13.2 Å². The lowest BCUT2D eigenvalue weighted by molar-refractivity contribution is -0.141. The molecule has 5 nitrogen and oxygen atoms in total. The SMILES string of the molecule is FC(F)(F)c1ccnc(Oc2ccccc2-c2nc3ccccc3[nH]2)n1. The first kappa shape index (κ1) is 16.1. The smallest absolute Gasteiger partial charge is 0.424 e. The standard InChI is InChI=1S/C18H11F3N4O/c19-18(20,21)15-9-10-22-17(25-15)26-14-8-4-1-5-11(14)16-23-12-6-2-3-7-13(12)24-16/h1-10H,(H,23,24). The van der Waals surface area contributed by atoms with Gasteiger partial charge in [0.1, 0.15) is 11.6 Å². The van der Waals surface area contributed by atoms with Crippen molar-refractivity contribution in [3.05, 3.63) is 66.5 Å². The molecule has 0 bridgehead atoms. The monoisotopic (exact) mass is 356 g/mol. The number of aromatic amines is 1. The first-order valence-electron chi connectivity index (χ1n) is 7.63. The average molecular weight is 356 g/mol. The minimum Gasteiger partial charge on any atom is -0.424 e. The number of aromatic nitrogens is 4. The number of hydrogen-bond acceptors (Lipinski definition) is 4. The Labute approximate surface area is 145 Å². The number of alkyl halides is 3. The van der Waals surface area contributed by atoms with Crippen LogP contribution in [-0.2, 0) is 6.18 Å². The van der Waals surface area contributed by atoms with Gasteiger partial charge >= 0.3 is 12.2 Å². The number of benzene rings is 2. The van der Waals surface area contributed by atoms with Crippen molar-refractivity contribution in [1.29, 1.82) is 0 Å². The summed E-state index contributed by atoms with van der Waals surface area (Å²) in [7, 11) is 0. The normalized spacial score (nSPS) is 11.7. The van der Waals surface area contributed by atoms with Crippen LogP contribution in [0.5, 0.6) is 11.8 Å². The van der Waals surface area contributed by atoms with Gasteiger partial charge in [0, 0.05) is 6.20 Å². The zero-order valence-corrected chi connectivity index (χ0v) is 13.2. The van der Waals surface area contributed by atoms with Gasteiger partial charge in [0.2, 0.25) is 0 Å². The fourth-order valence-corrected chi connectivity index (χ4v) is 2.48. The predicted octanol–water partition coefficient (Wildman–Crippen LogP) is 4.83. The molecule has 0 spiro atoms. The molecule has 2 aromatic carbocycles. The summed E-state index contributed by atoms with van der Waals surface area (Å²) in [6.45, 7) is 0. The quantitative estimate of drug-likeness (QED) is 0.571. The lowest BCUT2D eigenvalue weighted by atomic mass is 10.2. The van der Waals surface area contributed by atoms with Crippen LogP contribution < -0.4 is 4.74 Å². The fourth-order valence-electron chi connectivity index (χ4n) is 2.48. The van der Waals surface area contributed by atoms with Crippen LogP contribution in [0.4, 0.5) is 13.2 Å². The van der Waals surface area contributed by atoms with E-state index in [1.807, 2.05) is 24.3 Å². The third-order valence-electron chi connectivity index (χ3n) is 3.66. The summed E-state index contributed by atoms with van der Waals surface area (Å²) in [4.78, 5) is 14.8. The molecule has 0 unspecified atom stereocenters. The Balaban J connectivity index is 1.73. The van der Waals surface area contributed by atoms with Gasteiger partial charge in [0.25, 0.3) is 0 Å². The highest BCUT2D eigenvalue weighted by Gasteiger charge is 2.33. The molecular weight excluding hydrogens is 345 g/mol. The molecule has 0 fully saturated rings. The van der Waals surface area contributed by atoms with Crippen LogP contribution in [0.15, 0.2) is 60.8 Å². The van der Waals surface area contributed by atoms with E-state index in [4.69, 9.17) is 4.74 Å². The second kappa shape index (κ2) is 6.14. The Morgan fingerprint density at radius 1 is 0.885 bits per heavy atom. The topological polar surface area (TPSA) is 63.7 Å². The van der Waals surface area contributed by atoms with E-state index < -0.39 is 11.9 Å². The lowest BCUT2D eigenvalue weighted by Crippen LogP contribution is -2.09. The first-order valence-corrected chi connectivity index (χ1v) is 7.63. The first-order chi connectivity index (χ1) is 12.5. The number of fused-ring (bicyclic) bond motifs is 1. The largest absolute Gasteiger partial charge is 0.433 e. The molecule has 8 heteroatoms. The van der Waals surface area contributed by atoms with Crippen LogP contribution in [-0.4, -0.2) is 19.9 Å². The van der Waals surface area contributed by atoms with Gasteiger partial charge in [-0.1, -0.05) is 24.3 Å². The average Bonchev–Trinajstić information content (AvgIpc) is 3.06. The van der Waals surface area contributed by atoms with Crippen molar-refractivity contribution in [2.24, 2.45) is 0 Å². The predicted molar refractivity (Wildman–Crippen MR) is 88.6 cm³/mol. The van der Waals surface area contributed by atoms with Gasteiger partial charge in [0.05, 0.1) is 16.6 Å². The number of nitrogens with one attached hydrogen (secondary N) is 1. The number of ether oxygens (including phenoxy) is 1. The Kier molecular flexibility index (Phi) is 3.80. The highest BCUT2D eigenvalue weighted by atomic mass is 19.4. The van der Waals surface area contributed by atoms with Gasteiger partial charge in [0.15, 0.2) is 5.69 Å². The van der Waals surface area contributed by atoms with Crippen LogP contribution in [0, 0.1) is 0 Å². The highest BCUT2D eigenvalue weighted by Crippen LogP contribution is 2.33. The van der Waals surface area contributed by atoms with Crippen LogP contribution in [0.2, 0.25) is 0 Å². The van der Waals surface area contributed by atoms with E-state index in [0.717, 1.165) is 23.3 Å². The molecule has 0 aliphatic rings. The summed E-state index contributed by atoms with van der Waals surface area (Å²) in [6.07, 6.45) is -3.56. The molecule has 0 saturated carbocycles. The van der Waals surface area contributed by atoms with Crippen molar-refractivity contribution in [2.45, 2.75) is 6.18 Å². The van der Waals surface area contributed by atoms with Gasteiger partial charge in [-0.2, -0.15) is 18.2 Å². The van der Waals surface area contributed by atoms with E-state index in [2.05, 4.69) is 19.9 Å². The Bertz CT molecular complexity index is 1040. The molecule has 0 saturated heterocycles. The summed E-state index contributed by atoms with van der Waals surface area (Å²) >= 11 is 0. The number of rotatable bonds is 3. The number of hydrogen-bond donors (Lipinski definition) is 1. The number of H-pyrrole nitrogens is 1. The van der Waals surface area contributed by atoms with Crippen molar-refractivity contribution in [3.8, 4) is 23.1 Å². The Morgan fingerprint density at radius 2 is 1.65 bits per heavy atom. The van der Waals surface area contributed by atoms with E-state index >= 15 is 0 Å². The minimum atomic E-state index is -4.57. The zero-order chi connectivity index (χ0) is 18.1. The number of halogens is 3. The molecule has 4 rings (SSSR count). The maximum Gasteiger partial charge on any atom is 0.433 e. The van der Waals surface area contributed by atoms with Crippen LogP contribution in [0.3, 0.4) is 0 Å². The molecule has 0 amide bonds. The molecule has 26 heavy (non-hydrogen) atoms. The third kappa shape index (κ3) is 3.08. The number of imidazole rings is 1. The van der Waals surface area contributed by atoms with Crippen LogP contribution in [0.25, 0.3) is 22.4 Å². The van der Waals surface area contributed by atoms with Crippen molar-refractivity contribution in [2.75, 3.05) is 0 Å². The molecule has 2 aromatic heterocycles. The second-order valence-corrected chi connectivity index (χ2v) is 5.42. The van der Waals surface area contributed by atoms with Crippen LogP contribution in [0.1, 0.15) is 5.69 Å². The molecule has 4 aromatic rings. The maximum absolute atomic E-state index is 12.8. The molecule has 0 radical (unpaired) electrons. The second-order valence-electron chi connectivity index (χ2n) is 5.42. The summed E-state index contributed by atoms with van der Waals surface area (Å²) < 4.78 is 43.9. The van der Waals surface area contributed by atoms with Crippen molar-refractivity contribution in [3.63, 3.8) is 0 Å². The molecule has 0 atom stereocenters. The zero-order valence-electron chi connectivity index (χ0n) is 13.2. The fraction of sp³-hybridized carbons (Fsp3) is 0.0556. The van der Waals surface area contributed by atoms with E-state index in [1.54, 1.807) is 24.3 Å². The molecule has 0 aliphatic heterocycles. The lowest BCUT2D eigenvalue weighted by Gasteiger charge is -2.10. The molecule has 2 heterocycles. The summed E-state index contributed by atoms with van der Waals surface area (Å²) in [5.74, 6) is 0.833. The third-order valence-corrected chi connectivity index (χ3v) is 3.66. The van der Waals surface area contributed by atoms with Gasteiger partial charge in [-0.05, 0) is 30.3 Å². The van der Waals surface area contributed by atoms with Gasteiger partial charge in [-0.15, -0.1) is 0 Å². The Morgan fingerprint density at radius 3 is 2.46 bits per heavy atom. The molecule has 0 aliphatic carbocycles. The molecular formula is C18H11F3N4O. The van der Waals surface area contributed by atoms with E-state index in [0.29, 0.717) is 17.1 Å². The minimum absolute atomic E-state index is 0.297. The van der Waals surface area contributed by atoms with Gasteiger partial charge in [-0.3, -0.25) is 0 Å². The number of nitrogens with zero attached hydrogens (tertiary/aromatic N) is 3. The Hall–Kier alpha value is -3.42. The van der Waals surface area contributed by atoms with E-state index in [1.165, 1.54) is 0 Å². The van der Waals surface area contributed by atoms with Gasteiger partial charge < -0.3 is 9.72 Å². The molecule has 130 valence electrons. The number of para-hydroxylation sites is 3. The van der Waals surface area contributed by atoms with Crippen molar-refractivity contribution >= 4 is 11.0 Å². The van der Waals surface area contributed by atoms with Crippen molar-refractivity contribution < 1.29 is 17.9 Å². The van der Waals surface area contributed by atoms with Crippen LogP contribution >= 0.6 is 0 Å².